The largest absolute Gasteiger partial charge is 0.504 e. The first-order chi connectivity index (χ1) is 16.0. The van der Waals surface area contributed by atoms with Gasteiger partial charge in [0.1, 0.15) is 5.82 Å². The van der Waals surface area contributed by atoms with Gasteiger partial charge in [0.25, 0.3) is 0 Å². The van der Waals surface area contributed by atoms with E-state index in [1.165, 1.54) is 30.3 Å². The summed E-state index contributed by atoms with van der Waals surface area (Å²) in [6, 6.07) is 15.1. The van der Waals surface area contributed by atoms with Crippen molar-refractivity contribution in [2.24, 2.45) is 0 Å². The number of phenols is 1. The fourth-order valence-corrected chi connectivity index (χ4v) is 4.66. The number of benzene rings is 3. The third-order valence-corrected chi connectivity index (χ3v) is 6.21. The van der Waals surface area contributed by atoms with Gasteiger partial charge in [-0.15, -0.1) is 0 Å². The van der Waals surface area contributed by atoms with E-state index in [0.717, 1.165) is 18.5 Å². The number of fused-ring (bicyclic) bond motifs is 1. The summed E-state index contributed by atoms with van der Waals surface area (Å²) in [5.74, 6) is -2.61. The smallest absolute Gasteiger partial charge is 0.335 e. The van der Waals surface area contributed by atoms with Crippen LogP contribution < -0.4 is 0 Å². The van der Waals surface area contributed by atoms with Gasteiger partial charge in [-0.25, -0.2) is 13.6 Å². The first-order valence-corrected chi connectivity index (χ1v) is 10.7. The maximum atomic E-state index is 14.5. The molecule has 7 heteroatoms. The van der Waals surface area contributed by atoms with Crippen LogP contribution in [0.15, 0.2) is 60.7 Å². The highest BCUT2D eigenvalue weighted by Crippen LogP contribution is 2.47. The number of ether oxygens (including phenoxy) is 1. The Hall–Kier alpha value is -3.71. The third-order valence-electron chi connectivity index (χ3n) is 6.21. The number of rotatable bonds is 4. The van der Waals surface area contributed by atoms with E-state index in [0.29, 0.717) is 40.9 Å². The molecule has 0 radical (unpaired) electrons. The highest BCUT2D eigenvalue weighted by Gasteiger charge is 2.30. The number of hydrogen-bond donors (Lipinski definition) is 2. The Balaban J connectivity index is 1.88. The van der Waals surface area contributed by atoms with E-state index in [1.807, 2.05) is 4.57 Å². The average molecular weight is 449 g/mol. The molecule has 0 spiro atoms. The summed E-state index contributed by atoms with van der Waals surface area (Å²) < 4.78 is 35.7. The Labute approximate surface area is 188 Å². The number of nitrogens with zero attached hydrogens (tertiary/aromatic N) is 1. The average Bonchev–Trinajstić information content (AvgIpc) is 3.18. The fourth-order valence-electron chi connectivity index (χ4n) is 4.66. The molecule has 168 valence electrons. The molecule has 1 fully saturated rings. The van der Waals surface area contributed by atoms with Gasteiger partial charge in [-0.05, 0) is 66.9 Å². The fraction of sp³-hybridized carbons (Fsp3) is 0.192. The monoisotopic (exact) mass is 449 g/mol. The summed E-state index contributed by atoms with van der Waals surface area (Å²) in [6.45, 7) is 1.13. The minimum atomic E-state index is -1.05. The van der Waals surface area contributed by atoms with Gasteiger partial charge in [0.2, 0.25) is 0 Å². The van der Waals surface area contributed by atoms with Crippen LogP contribution in [0, 0.1) is 11.6 Å². The van der Waals surface area contributed by atoms with Crippen molar-refractivity contribution in [1.82, 2.24) is 4.57 Å². The summed E-state index contributed by atoms with van der Waals surface area (Å²) >= 11 is 0. The van der Waals surface area contributed by atoms with Crippen molar-refractivity contribution < 1.29 is 28.5 Å². The lowest BCUT2D eigenvalue weighted by molar-refractivity contribution is 0.0697. The lowest BCUT2D eigenvalue weighted by Crippen LogP contribution is -2.17. The molecule has 1 saturated heterocycles. The number of aromatic carboxylic acids is 1. The maximum Gasteiger partial charge on any atom is 0.335 e. The summed E-state index contributed by atoms with van der Waals surface area (Å²) in [5, 5.41) is 20.4. The molecular formula is C26H21F2NO4. The van der Waals surface area contributed by atoms with Gasteiger partial charge < -0.3 is 19.5 Å². The van der Waals surface area contributed by atoms with Crippen LogP contribution >= 0.6 is 0 Å². The van der Waals surface area contributed by atoms with Gasteiger partial charge in [0, 0.05) is 36.1 Å². The van der Waals surface area contributed by atoms with E-state index >= 15 is 0 Å². The number of carbonyl (C=O) groups is 1. The van der Waals surface area contributed by atoms with Crippen LogP contribution in [-0.4, -0.2) is 34.0 Å². The van der Waals surface area contributed by atoms with E-state index < -0.39 is 17.5 Å². The molecule has 5 nitrogen and oxygen atoms in total. The molecule has 4 aromatic rings. The van der Waals surface area contributed by atoms with Crippen molar-refractivity contribution in [2.45, 2.75) is 18.8 Å². The number of phenolic OH excluding ortho intramolecular Hbond substituents is 1. The minimum absolute atomic E-state index is 0.0350. The van der Waals surface area contributed by atoms with Gasteiger partial charge >= 0.3 is 5.97 Å². The van der Waals surface area contributed by atoms with Gasteiger partial charge in [-0.2, -0.15) is 0 Å². The molecule has 1 aromatic heterocycles. The van der Waals surface area contributed by atoms with Gasteiger partial charge in [0.05, 0.1) is 16.5 Å². The van der Waals surface area contributed by atoms with Crippen molar-refractivity contribution in [3.05, 3.63) is 83.6 Å². The van der Waals surface area contributed by atoms with E-state index in [-0.39, 0.29) is 17.3 Å². The topological polar surface area (TPSA) is 71.7 Å². The molecule has 0 unspecified atom stereocenters. The molecule has 0 bridgehead atoms. The number of hydrogen-bond acceptors (Lipinski definition) is 3. The first-order valence-electron chi connectivity index (χ1n) is 10.7. The Morgan fingerprint density at radius 2 is 1.61 bits per heavy atom. The van der Waals surface area contributed by atoms with Crippen LogP contribution in [0.2, 0.25) is 0 Å². The van der Waals surface area contributed by atoms with Crippen LogP contribution in [0.1, 0.15) is 34.8 Å². The lowest BCUT2D eigenvalue weighted by atomic mass is 9.89. The summed E-state index contributed by atoms with van der Waals surface area (Å²) in [4.78, 5) is 11.4. The second-order valence-electron chi connectivity index (χ2n) is 8.13. The second-order valence-corrected chi connectivity index (χ2v) is 8.13. The van der Waals surface area contributed by atoms with Crippen LogP contribution in [0.25, 0.3) is 27.7 Å². The number of aromatic nitrogens is 1. The van der Waals surface area contributed by atoms with Gasteiger partial charge in [-0.1, -0.05) is 12.1 Å². The molecular weight excluding hydrogens is 428 g/mol. The summed E-state index contributed by atoms with van der Waals surface area (Å²) in [5.41, 5.74) is 3.54. The zero-order valence-electron chi connectivity index (χ0n) is 17.6. The first kappa shape index (κ1) is 21.2. The molecule has 0 amide bonds. The Morgan fingerprint density at radius 1 is 0.939 bits per heavy atom. The standard InChI is InChI=1S/C26H21F2NO4/c27-18-5-7-19(8-6-18)29-21-10-9-20(28)25(30)23(21)22(24(29)16-11-13-33-14-12-16)15-1-3-17(4-2-15)26(31)32/h1-10,16,30H,11-14H2,(H,31,32). The van der Waals surface area contributed by atoms with Gasteiger partial charge in [-0.3, -0.25) is 0 Å². The maximum absolute atomic E-state index is 14.5. The minimum Gasteiger partial charge on any atom is -0.504 e. The van der Waals surface area contributed by atoms with Crippen LogP contribution in [0.4, 0.5) is 8.78 Å². The molecule has 1 aliphatic rings. The van der Waals surface area contributed by atoms with Crippen LogP contribution in [-0.2, 0) is 4.74 Å². The van der Waals surface area contributed by atoms with E-state index in [4.69, 9.17) is 4.74 Å². The van der Waals surface area contributed by atoms with Crippen molar-refractivity contribution in [3.63, 3.8) is 0 Å². The van der Waals surface area contributed by atoms with Crippen molar-refractivity contribution >= 4 is 16.9 Å². The molecule has 0 aliphatic carbocycles. The highest BCUT2D eigenvalue weighted by atomic mass is 19.1. The number of aromatic hydroxyl groups is 1. The predicted molar refractivity (Wildman–Crippen MR) is 120 cm³/mol. The molecule has 1 aliphatic heterocycles. The Morgan fingerprint density at radius 3 is 2.24 bits per heavy atom. The number of halogens is 2. The second kappa shape index (κ2) is 8.33. The SMILES string of the molecule is O=C(O)c1ccc(-c2c(C3CCOCC3)n(-c3ccc(F)cc3)c3ccc(F)c(O)c23)cc1. The zero-order chi connectivity index (χ0) is 23.1. The third kappa shape index (κ3) is 3.64. The molecule has 0 saturated carbocycles. The van der Waals surface area contributed by atoms with Crippen LogP contribution in [0.3, 0.4) is 0 Å². The van der Waals surface area contributed by atoms with E-state index in [9.17, 15) is 23.8 Å². The molecule has 33 heavy (non-hydrogen) atoms. The zero-order valence-corrected chi connectivity index (χ0v) is 17.6. The summed E-state index contributed by atoms with van der Waals surface area (Å²) in [6.07, 6.45) is 1.45. The molecule has 0 atom stereocenters. The van der Waals surface area contributed by atoms with E-state index in [2.05, 4.69) is 0 Å². The molecule has 2 N–H and O–H groups in total. The van der Waals surface area contributed by atoms with Crippen molar-refractivity contribution in [1.29, 1.82) is 0 Å². The predicted octanol–water partition coefficient (Wildman–Crippen LogP) is 5.87. The van der Waals surface area contributed by atoms with Crippen molar-refractivity contribution in [3.8, 4) is 22.6 Å². The normalized spacial score (nSPS) is 14.6. The number of carboxylic acids is 1. The quantitative estimate of drug-likeness (QED) is 0.409. The van der Waals surface area contributed by atoms with Crippen LogP contribution in [0.5, 0.6) is 5.75 Å². The Bertz CT molecular complexity index is 1340. The molecule has 2 heterocycles. The van der Waals surface area contributed by atoms with Crippen molar-refractivity contribution in [2.75, 3.05) is 13.2 Å². The van der Waals surface area contributed by atoms with E-state index in [1.54, 1.807) is 30.3 Å². The highest BCUT2D eigenvalue weighted by molar-refractivity contribution is 6.03. The molecule has 3 aromatic carbocycles. The van der Waals surface area contributed by atoms with Gasteiger partial charge in [0.15, 0.2) is 11.6 Å². The lowest BCUT2D eigenvalue weighted by Gasteiger charge is -2.25. The Kier molecular flexibility index (Phi) is 5.34. The molecule has 5 rings (SSSR count). The summed E-state index contributed by atoms with van der Waals surface area (Å²) in [7, 11) is 0. The number of carboxylic acid groups (broad SMARTS) is 1.